The van der Waals surface area contributed by atoms with Crippen LogP contribution in [0.25, 0.3) is 0 Å². The van der Waals surface area contributed by atoms with Crippen molar-refractivity contribution in [3.63, 3.8) is 0 Å². The first-order valence-electron chi connectivity index (χ1n) is 7.21. The Bertz CT molecular complexity index is 401. The molecule has 1 unspecified atom stereocenters. The average molecular weight is 279 g/mol. The number of aliphatic hydroxyl groups excluding tert-OH is 1. The normalized spacial score (nSPS) is 12.0. The summed E-state index contributed by atoms with van der Waals surface area (Å²) in [5.41, 5.74) is 0.640. The van der Waals surface area contributed by atoms with Gasteiger partial charge in [0.25, 0.3) is 5.91 Å². The summed E-state index contributed by atoms with van der Waals surface area (Å²) in [7, 11) is 1.75. The molecule has 1 atom stereocenters. The highest BCUT2D eigenvalue weighted by Crippen LogP contribution is 2.14. The molecule has 0 aliphatic rings. The van der Waals surface area contributed by atoms with Gasteiger partial charge in [0.1, 0.15) is 5.75 Å². The molecule has 1 amide bonds. The number of carbonyl (C=O) groups excluding carboxylic acids is 1. The molecule has 0 aliphatic carbocycles. The van der Waals surface area contributed by atoms with Gasteiger partial charge in [-0.2, -0.15) is 0 Å². The number of nitrogens with zero attached hydrogens (tertiary/aromatic N) is 1. The molecule has 1 aromatic rings. The zero-order valence-electron chi connectivity index (χ0n) is 12.6. The highest BCUT2D eigenvalue weighted by atomic mass is 16.5. The summed E-state index contributed by atoms with van der Waals surface area (Å²) < 4.78 is 5.56. The van der Waals surface area contributed by atoms with Crippen molar-refractivity contribution in [3.8, 4) is 5.75 Å². The van der Waals surface area contributed by atoms with Gasteiger partial charge < -0.3 is 14.7 Å². The first-order valence-corrected chi connectivity index (χ1v) is 7.21. The first kappa shape index (κ1) is 16.5. The molecule has 0 aliphatic heterocycles. The minimum atomic E-state index is -0.389. The van der Waals surface area contributed by atoms with Gasteiger partial charge in [0.05, 0.1) is 12.7 Å². The standard InChI is InChI=1S/C16H25NO3/c1-4-5-12-20-15-8-6-14(7-9-15)16(19)17(3)11-10-13(2)18/h6-9,13,18H,4-5,10-12H2,1-3H3. The van der Waals surface area contributed by atoms with Crippen LogP contribution in [-0.4, -0.2) is 42.2 Å². The maximum absolute atomic E-state index is 12.1. The molecule has 0 spiro atoms. The third-order valence-corrected chi connectivity index (χ3v) is 3.10. The fourth-order valence-electron chi connectivity index (χ4n) is 1.73. The van der Waals surface area contributed by atoms with E-state index in [1.165, 1.54) is 0 Å². The zero-order chi connectivity index (χ0) is 15.0. The van der Waals surface area contributed by atoms with Crippen molar-refractivity contribution in [2.75, 3.05) is 20.2 Å². The molecule has 0 saturated heterocycles. The maximum atomic E-state index is 12.1. The predicted octanol–water partition coefficient (Wildman–Crippen LogP) is 2.71. The second-order valence-corrected chi connectivity index (χ2v) is 5.09. The highest BCUT2D eigenvalue weighted by molar-refractivity contribution is 5.94. The summed E-state index contributed by atoms with van der Waals surface area (Å²) >= 11 is 0. The Balaban J connectivity index is 2.52. The Hall–Kier alpha value is -1.55. The molecular formula is C16H25NO3. The minimum Gasteiger partial charge on any atom is -0.494 e. The zero-order valence-corrected chi connectivity index (χ0v) is 12.6. The Morgan fingerprint density at radius 3 is 2.55 bits per heavy atom. The molecule has 4 nitrogen and oxygen atoms in total. The van der Waals surface area contributed by atoms with Gasteiger partial charge in [-0.25, -0.2) is 0 Å². The van der Waals surface area contributed by atoms with E-state index in [4.69, 9.17) is 4.74 Å². The Labute approximate surface area is 121 Å². The van der Waals surface area contributed by atoms with E-state index in [9.17, 15) is 9.90 Å². The number of rotatable bonds is 8. The lowest BCUT2D eigenvalue weighted by Gasteiger charge is -2.18. The largest absolute Gasteiger partial charge is 0.494 e. The molecular weight excluding hydrogens is 254 g/mol. The smallest absolute Gasteiger partial charge is 0.253 e. The number of benzene rings is 1. The van der Waals surface area contributed by atoms with E-state index in [1.54, 1.807) is 31.0 Å². The van der Waals surface area contributed by atoms with Crippen LogP contribution in [0.15, 0.2) is 24.3 Å². The van der Waals surface area contributed by atoms with Gasteiger partial charge in [-0.1, -0.05) is 13.3 Å². The lowest BCUT2D eigenvalue weighted by atomic mass is 10.2. The molecule has 1 rings (SSSR count). The topological polar surface area (TPSA) is 49.8 Å². The van der Waals surface area contributed by atoms with Crippen LogP contribution in [0.1, 0.15) is 43.5 Å². The maximum Gasteiger partial charge on any atom is 0.253 e. The molecule has 0 bridgehead atoms. The van der Waals surface area contributed by atoms with E-state index in [1.807, 2.05) is 12.1 Å². The van der Waals surface area contributed by atoms with Crippen LogP contribution in [0.5, 0.6) is 5.75 Å². The number of ether oxygens (including phenoxy) is 1. The van der Waals surface area contributed by atoms with E-state index in [0.29, 0.717) is 25.1 Å². The number of carbonyl (C=O) groups is 1. The summed E-state index contributed by atoms with van der Waals surface area (Å²) in [6.45, 7) is 5.10. The van der Waals surface area contributed by atoms with Crippen molar-refractivity contribution >= 4 is 5.91 Å². The van der Waals surface area contributed by atoms with Gasteiger partial charge in [0.15, 0.2) is 0 Å². The van der Waals surface area contributed by atoms with Gasteiger partial charge in [-0.15, -0.1) is 0 Å². The van der Waals surface area contributed by atoms with Gasteiger partial charge in [0, 0.05) is 19.2 Å². The van der Waals surface area contributed by atoms with Gasteiger partial charge in [-0.05, 0) is 44.0 Å². The van der Waals surface area contributed by atoms with E-state index in [-0.39, 0.29) is 12.0 Å². The number of hydrogen-bond donors (Lipinski definition) is 1. The number of unbranched alkanes of at least 4 members (excludes halogenated alkanes) is 1. The molecule has 0 fully saturated rings. The van der Waals surface area contributed by atoms with E-state index in [2.05, 4.69) is 6.92 Å². The van der Waals surface area contributed by atoms with Crippen LogP contribution in [0, 0.1) is 0 Å². The van der Waals surface area contributed by atoms with Crippen LogP contribution >= 0.6 is 0 Å². The van der Waals surface area contributed by atoms with Gasteiger partial charge >= 0.3 is 0 Å². The van der Waals surface area contributed by atoms with Crippen molar-refractivity contribution in [3.05, 3.63) is 29.8 Å². The summed E-state index contributed by atoms with van der Waals surface area (Å²) in [6, 6.07) is 7.21. The first-order chi connectivity index (χ1) is 9.54. The predicted molar refractivity (Wildman–Crippen MR) is 80.1 cm³/mol. The average Bonchev–Trinajstić information content (AvgIpc) is 2.45. The monoisotopic (exact) mass is 279 g/mol. The molecule has 112 valence electrons. The summed E-state index contributed by atoms with van der Waals surface area (Å²) in [6.07, 6.45) is 2.33. The van der Waals surface area contributed by atoms with Crippen LogP contribution in [0.4, 0.5) is 0 Å². The fourth-order valence-corrected chi connectivity index (χ4v) is 1.73. The lowest BCUT2D eigenvalue weighted by Crippen LogP contribution is -2.29. The minimum absolute atomic E-state index is 0.0363. The lowest BCUT2D eigenvalue weighted by molar-refractivity contribution is 0.0769. The second-order valence-electron chi connectivity index (χ2n) is 5.09. The molecule has 0 saturated carbocycles. The Morgan fingerprint density at radius 1 is 1.35 bits per heavy atom. The van der Waals surface area contributed by atoms with Crippen LogP contribution < -0.4 is 4.74 Å². The molecule has 1 aromatic carbocycles. The summed E-state index contributed by atoms with van der Waals surface area (Å²) in [5.74, 6) is 0.757. The van der Waals surface area contributed by atoms with E-state index < -0.39 is 0 Å². The SMILES string of the molecule is CCCCOc1ccc(C(=O)N(C)CCC(C)O)cc1. The molecule has 0 heterocycles. The van der Waals surface area contributed by atoms with E-state index in [0.717, 1.165) is 18.6 Å². The van der Waals surface area contributed by atoms with Crippen LogP contribution in [-0.2, 0) is 0 Å². The third-order valence-electron chi connectivity index (χ3n) is 3.10. The molecule has 20 heavy (non-hydrogen) atoms. The fraction of sp³-hybridized carbons (Fsp3) is 0.562. The van der Waals surface area contributed by atoms with Crippen molar-refractivity contribution in [1.82, 2.24) is 4.90 Å². The Morgan fingerprint density at radius 2 is 2.00 bits per heavy atom. The van der Waals surface area contributed by atoms with Crippen molar-refractivity contribution in [2.24, 2.45) is 0 Å². The highest BCUT2D eigenvalue weighted by Gasteiger charge is 2.12. The van der Waals surface area contributed by atoms with E-state index >= 15 is 0 Å². The number of aliphatic hydroxyl groups is 1. The third kappa shape index (κ3) is 5.61. The molecule has 4 heteroatoms. The summed E-state index contributed by atoms with van der Waals surface area (Å²) in [4.78, 5) is 13.8. The molecule has 0 radical (unpaired) electrons. The van der Waals surface area contributed by atoms with Gasteiger partial charge in [0.2, 0.25) is 0 Å². The van der Waals surface area contributed by atoms with Crippen molar-refractivity contribution in [2.45, 2.75) is 39.2 Å². The van der Waals surface area contributed by atoms with Crippen molar-refractivity contribution < 1.29 is 14.6 Å². The van der Waals surface area contributed by atoms with Crippen LogP contribution in [0.2, 0.25) is 0 Å². The molecule has 1 N–H and O–H groups in total. The number of hydrogen-bond acceptors (Lipinski definition) is 3. The van der Waals surface area contributed by atoms with Crippen LogP contribution in [0.3, 0.4) is 0 Å². The second kappa shape index (κ2) is 8.59. The van der Waals surface area contributed by atoms with Crippen molar-refractivity contribution in [1.29, 1.82) is 0 Å². The quantitative estimate of drug-likeness (QED) is 0.744. The van der Waals surface area contributed by atoms with Gasteiger partial charge in [-0.3, -0.25) is 4.79 Å². The summed E-state index contributed by atoms with van der Waals surface area (Å²) in [5, 5.41) is 9.24. The molecule has 0 aromatic heterocycles. The Kier molecular flexibility index (Phi) is 7.09. The number of amides is 1.